The van der Waals surface area contributed by atoms with Gasteiger partial charge >= 0.3 is 0 Å². The normalized spacial score (nSPS) is 15.2. The van der Waals surface area contributed by atoms with Gasteiger partial charge in [-0.05, 0) is 25.7 Å². The van der Waals surface area contributed by atoms with E-state index < -0.39 is 0 Å². The van der Waals surface area contributed by atoms with Crippen molar-refractivity contribution in [2.45, 2.75) is 32.1 Å². The van der Waals surface area contributed by atoms with E-state index in [1.807, 2.05) is 26.0 Å². The Morgan fingerprint density at radius 2 is 1.81 bits per heavy atom. The summed E-state index contributed by atoms with van der Waals surface area (Å²) in [5.41, 5.74) is 2.56. The van der Waals surface area contributed by atoms with Gasteiger partial charge in [-0.3, -0.25) is 0 Å². The van der Waals surface area contributed by atoms with Crippen LogP contribution in [-0.4, -0.2) is 31.1 Å². The number of anilines is 2. The van der Waals surface area contributed by atoms with Crippen LogP contribution in [-0.2, 0) is 12.8 Å². The molecule has 1 aromatic heterocycles. The molecule has 0 aliphatic heterocycles. The van der Waals surface area contributed by atoms with E-state index in [1.54, 1.807) is 0 Å². The molecule has 1 aliphatic carbocycles. The van der Waals surface area contributed by atoms with Crippen LogP contribution in [0.3, 0.4) is 0 Å². The Labute approximate surface area is 97.1 Å². The third-order valence-electron chi connectivity index (χ3n) is 3.06. The zero-order valence-corrected chi connectivity index (χ0v) is 10.4. The summed E-state index contributed by atoms with van der Waals surface area (Å²) >= 11 is 0. The average molecular weight is 220 g/mol. The predicted molar refractivity (Wildman–Crippen MR) is 67.2 cm³/mol. The highest BCUT2D eigenvalue weighted by Gasteiger charge is 2.16. The summed E-state index contributed by atoms with van der Waals surface area (Å²) in [6.45, 7) is 0. The first-order valence-electron chi connectivity index (χ1n) is 5.97. The fourth-order valence-corrected chi connectivity index (χ4v) is 2.16. The van der Waals surface area contributed by atoms with Gasteiger partial charge in [-0.25, -0.2) is 4.98 Å². The highest BCUT2D eigenvalue weighted by Crippen LogP contribution is 2.26. The van der Waals surface area contributed by atoms with E-state index in [0.29, 0.717) is 0 Å². The SMILES string of the molecule is CNc1nc(N(C)C)nc2c1CCCCC2. The smallest absolute Gasteiger partial charge is 0.227 e. The predicted octanol–water partition coefficient (Wildman–Crippen LogP) is 1.85. The molecular weight excluding hydrogens is 200 g/mol. The molecule has 0 aromatic carbocycles. The van der Waals surface area contributed by atoms with E-state index in [0.717, 1.165) is 24.6 Å². The molecule has 0 radical (unpaired) electrons. The summed E-state index contributed by atoms with van der Waals surface area (Å²) in [6.07, 6.45) is 6.01. The second-order valence-electron chi connectivity index (χ2n) is 4.50. The first-order chi connectivity index (χ1) is 7.72. The van der Waals surface area contributed by atoms with Crippen molar-refractivity contribution >= 4 is 11.8 Å². The summed E-state index contributed by atoms with van der Waals surface area (Å²) in [6, 6.07) is 0. The van der Waals surface area contributed by atoms with Gasteiger partial charge in [-0.1, -0.05) is 6.42 Å². The molecule has 16 heavy (non-hydrogen) atoms. The highest BCUT2D eigenvalue weighted by atomic mass is 15.2. The third-order valence-corrected chi connectivity index (χ3v) is 3.06. The molecule has 0 saturated carbocycles. The van der Waals surface area contributed by atoms with Crippen molar-refractivity contribution in [1.82, 2.24) is 9.97 Å². The van der Waals surface area contributed by atoms with Crippen LogP contribution in [0.2, 0.25) is 0 Å². The van der Waals surface area contributed by atoms with Gasteiger partial charge in [-0.2, -0.15) is 4.98 Å². The van der Waals surface area contributed by atoms with Crippen molar-refractivity contribution in [2.75, 3.05) is 31.4 Å². The van der Waals surface area contributed by atoms with E-state index in [-0.39, 0.29) is 0 Å². The summed E-state index contributed by atoms with van der Waals surface area (Å²) in [7, 11) is 5.91. The first kappa shape index (κ1) is 11.2. The van der Waals surface area contributed by atoms with E-state index in [1.165, 1.54) is 30.5 Å². The molecule has 0 atom stereocenters. The molecule has 4 nitrogen and oxygen atoms in total. The maximum atomic E-state index is 4.66. The minimum absolute atomic E-state index is 0.810. The van der Waals surface area contributed by atoms with Crippen molar-refractivity contribution in [1.29, 1.82) is 0 Å². The summed E-state index contributed by atoms with van der Waals surface area (Å²) in [5, 5.41) is 3.20. The van der Waals surface area contributed by atoms with Gasteiger partial charge in [0.25, 0.3) is 0 Å². The zero-order chi connectivity index (χ0) is 11.5. The van der Waals surface area contributed by atoms with E-state index in [2.05, 4.69) is 15.3 Å². The monoisotopic (exact) mass is 220 g/mol. The molecule has 0 spiro atoms. The second-order valence-corrected chi connectivity index (χ2v) is 4.50. The molecule has 4 heteroatoms. The molecular formula is C12H20N4. The largest absolute Gasteiger partial charge is 0.373 e. The van der Waals surface area contributed by atoms with Crippen molar-refractivity contribution in [2.24, 2.45) is 0 Å². The molecule has 0 saturated heterocycles. The Bertz CT molecular complexity index is 374. The Morgan fingerprint density at radius 3 is 2.50 bits per heavy atom. The lowest BCUT2D eigenvalue weighted by atomic mass is 10.1. The number of nitrogens with zero attached hydrogens (tertiary/aromatic N) is 3. The maximum absolute atomic E-state index is 4.66. The van der Waals surface area contributed by atoms with Crippen LogP contribution in [0, 0.1) is 0 Å². The van der Waals surface area contributed by atoms with Crippen molar-refractivity contribution in [3.8, 4) is 0 Å². The number of rotatable bonds is 2. The fraction of sp³-hybridized carbons (Fsp3) is 0.667. The fourth-order valence-electron chi connectivity index (χ4n) is 2.16. The quantitative estimate of drug-likeness (QED) is 0.772. The molecule has 88 valence electrons. The number of fused-ring (bicyclic) bond motifs is 1. The van der Waals surface area contributed by atoms with Crippen LogP contribution in [0.15, 0.2) is 0 Å². The second kappa shape index (κ2) is 4.68. The maximum Gasteiger partial charge on any atom is 0.227 e. The Kier molecular flexibility index (Phi) is 3.27. The van der Waals surface area contributed by atoms with Gasteiger partial charge in [0.05, 0.1) is 5.69 Å². The Balaban J connectivity index is 2.46. The minimum Gasteiger partial charge on any atom is -0.373 e. The zero-order valence-electron chi connectivity index (χ0n) is 10.4. The third kappa shape index (κ3) is 2.10. The van der Waals surface area contributed by atoms with Crippen molar-refractivity contribution < 1.29 is 0 Å². The minimum atomic E-state index is 0.810. The average Bonchev–Trinajstić information content (AvgIpc) is 2.52. The molecule has 1 aliphatic rings. The van der Waals surface area contributed by atoms with Crippen LogP contribution in [0.5, 0.6) is 0 Å². The lowest BCUT2D eigenvalue weighted by Gasteiger charge is -2.16. The number of aryl methyl sites for hydroxylation is 1. The van der Waals surface area contributed by atoms with Gasteiger partial charge in [0.2, 0.25) is 5.95 Å². The van der Waals surface area contributed by atoms with Gasteiger partial charge in [0.1, 0.15) is 5.82 Å². The molecule has 0 fully saturated rings. The number of nitrogens with one attached hydrogen (secondary N) is 1. The summed E-state index contributed by atoms with van der Waals surface area (Å²) < 4.78 is 0. The summed E-state index contributed by atoms with van der Waals surface area (Å²) in [5.74, 6) is 1.82. The van der Waals surface area contributed by atoms with Gasteiger partial charge in [0.15, 0.2) is 0 Å². The number of hydrogen-bond acceptors (Lipinski definition) is 4. The van der Waals surface area contributed by atoms with Crippen LogP contribution < -0.4 is 10.2 Å². The molecule has 1 aromatic rings. The van der Waals surface area contributed by atoms with Crippen LogP contribution in [0.4, 0.5) is 11.8 Å². The van der Waals surface area contributed by atoms with E-state index >= 15 is 0 Å². The lowest BCUT2D eigenvalue weighted by molar-refractivity contribution is 0.708. The molecule has 0 bridgehead atoms. The van der Waals surface area contributed by atoms with Gasteiger partial charge < -0.3 is 10.2 Å². The Hall–Kier alpha value is -1.32. The van der Waals surface area contributed by atoms with Gasteiger partial charge in [0, 0.05) is 26.7 Å². The van der Waals surface area contributed by atoms with Crippen molar-refractivity contribution in [3.63, 3.8) is 0 Å². The van der Waals surface area contributed by atoms with E-state index in [4.69, 9.17) is 0 Å². The standard InChI is InChI=1S/C12H20N4/c1-13-11-9-7-5-4-6-8-10(9)14-12(15-11)16(2)3/h4-8H2,1-3H3,(H,13,14,15). The molecule has 1 N–H and O–H groups in total. The first-order valence-corrected chi connectivity index (χ1v) is 5.97. The highest BCUT2D eigenvalue weighted by molar-refractivity contribution is 5.51. The van der Waals surface area contributed by atoms with Gasteiger partial charge in [-0.15, -0.1) is 0 Å². The topological polar surface area (TPSA) is 41.1 Å². The van der Waals surface area contributed by atoms with E-state index in [9.17, 15) is 0 Å². The number of hydrogen-bond donors (Lipinski definition) is 1. The number of aromatic nitrogens is 2. The molecule has 0 unspecified atom stereocenters. The molecule has 0 amide bonds. The van der Waals surface area contributed by atoms with Crippen LogP contribution in [0.1, 0.15) is 30.5 Å². The van der Waals surface area contributed by atoms with Crippen molar-refractivity contribution in [3.05, 3.63) is 11.3 Å². The molecule has 1 heterocycles. The van der Waals surface area contributed by atoms with Crippen LogP contribution in [0.25, 0.3) is 0 Å². The Morgan fingerprint density at radius 1 is 1.06 bits per heavy atom. The lowest BCUT2D eigenvalue weighted by Crippen LogP contribution is -2.16. The van der Waals surface area contributed by atoms with Crippen LogP contribution >= 0.6 is 0 Å². The molecule has 2 rings (SSSR count). The summed E-state index contributed by atoms with van der Waals surface area (Å²) in [4.78, 5) is 11.2.